The molecule has 3 heteroatoms. The Labute approximate surface area is 102 Å². The molecular weight excluding hydrogens is 216 g/mol. The van der Waals surface area contributed by atoms with Gasteiger partial charge in [0.15, 0.2) is 6.29 Å². The van der Waals surface area contributed by atoms with Gasteiger partial charge in [-0.3, -0.25) is 0 Å². The molecule has 0 radical (unpaired) electrons. The second-order valence-corrected chi connectivity index (χ2v) is 5.05. The van der Waals surface area contributed by atoms with Gasteiger partial charge in [0.05, 0.1) is 6.10 Å². The molecule has 3 aliphatic heterocycles. The molecule has 2 bridgehead atoms. The topological polar surface area (TPSA) is 27.7 Å². The molecule has 4 aliphatic rings. The van der Waals surface area contributed by atoms with Crippen molar-refractivity contribution >= 4 is 0 Å². The summed E-state index contributed by atoms with van der Waals surface area (Å²) < 4.78 is 17.5. The fourth-order valence-corrected chi connectivity index (χ4v) is 3.35. The number of ether oxygens (including phenoxy) is 3. The van der Waals surface area contributed by atoms with Crippen LogP contribution in [-0.2, 0) is 14.2 Å². The van der Waals surface area contributed by atoms with E-state index in [9.17, 15) is 0 Å². The molecule has 3 nitrogen and oxygen atoms in total. The first-order valence-corrected chi connectivity index (χ1v) is 6.50. The number of hydrogen-bond donors (Lipinski definition) is 0. The molecule has 0 N–H and O–H groups in total. The first-order valence-electron chi connectivity index (χ1n) is 6.50. The van der Waals surface area contributed by atoms with E-state index in [4.69, 9.17) is 14.2 Å². The van der Waals surface area contributed by atoms with Gasteiger partial charge in [-0.1, -0.05) is 25.2 Å². The lowest BCUT2D eigenvalue weighted by molar-refractivity contribution is -0.228. The number of methoxy groups -OCH3 is 1. The van der Waals surface area contributed by atoms with Gasteiger partial charge < -0.3 is 14.2 Å². The monoisotopic (exact) mass is 236 g/mol. The molecule has 4 atom stereocenters. The molecule has 4 unspecified atom stereocenters. The molecule has 3 heterocycles. The van der Waals surface area contributed by atoms with Gasteiger partial charge in [-0.2, -0.15) is 0 Å². The van der Waals surface area contributed by atoms with Gasteiger partial charge >= 0.3 is 0 Å². The number of allylic oxidation sites excluding steroid dienone is 3. The number of fused-ring (bicyclic) bond motifs is 1. The summed E-state index contributed by atoms with van der Waals surface area (Å²) in [6.45, 7) is 2.15. The van der Waals surface area contributed by atoms with Crippen LogP contribution in [0.4, 0.5) is 0 Å². The fourth-order valence-electron chi connectivity index (χ4n) is 3.35. The van der Waals surface area contributed by atoms with E-state index in [1.807, 2.05) is 0 Å². The zero-order valence-electron chi connectivity index (χ0n) is 10.5. The van der Waals surface area contributed by atoms with E-state index in [0.717, 1.165) is 25.7 Å². The molecule has 0 amide bonds. The molecule has 0 aromatic rings. The van der Waals surface area contributed by atoms with Gasteiger partial charge in [-0.15, -0.1) is 0 Å². The molecular formula is C14H20O3. The standard InChI is InChI=1S/C14H20O3/c1-3-11-14(9-12(16-11)17-14)13(15-2)10-7-5-4-6-8-10/h4-5,8,11-13H,3,6-7,9H2,1-2H3. The largest absolute Gasteiger partial charge is 0.374 e. The maximum absolute atomic E-state index is 5.94. The summed E-state index contributed by atoms with van der Waals surface area (Å²) in [7, 11) is 1.78. The van der Waals surface area contributed by atoms with Crippen LogP contribution >= 0.6 is 0 Å². The molecule has 0 aromatic carbocycles. The normalized spacial score (nSPS) is 40.9. The van der Waals surface area contributed by atoms with Crippen molar-refractivity contribution < 1.29 is 14.2 Å². The highest BCUT2D eigenvalue weighted by Gasteiger charge is 2.64. The van der Waals surface area contributed by atoms with Gasteiger partial charge in [0.1, 0.15) is 11.7 Å². The van der Waals surface area contributed by atoms with Crippen molar-refractivity contribution in [1.29, 1.82) is 0 Å². The molecule has 3 fully saturated rings. The van der Waals surface area contributed by atoms with Crippen LogP contribution in [0, 0.1) is 0 Å². The van der Waals surface area contributed by atoms with E-state index >= 15 is 0 Å². The lowest BCUT2D eigenvalue weighted by atomic mass is 9.78. The third-order valence-electron chi connectivity index (χ3n) is 4.12. The Kier molecular flexibility index (Phi) is 2.85. The van der Waals surface area contributed by atoms with Gasteiger partial charge in [0.2, 0.25) is 0 Å². The van der Waals surface area contributed by atoms with Crippen molar-refractivity contribution in [2.24, 2.45) is 0 Å². The summed E-state index contributed by atoms with van der Waals surface area (Å²) in [5.41, 5.74) is 1.13. The zero-order chi connectivity index (χ0) is 11.9. The molecule has 1 aliphatic carbocycles. The van der Waals surface area contributed by atoms with Crippen molar-refractivity contribution in [1.82, 2.24) is 0 Å². The summed E-state index contributed by atoms with van der Waals surface area (Å²) in [6, 6.07) is 0. The van der Waals surface area contributed by atoms with Crippen molar-refractivity contribution in [3.05, 3.63) is 23.8 Å². The van der Waals surface area contributed by atoms with Crippen LogP contribution in [0.15, 0.2) is 23.8 Å². The Morgan fingerprint density at radius 1 is 1.53 bits per heavy atom. The molecule has 0 aromatic heterocycles. The van der Waals surface area contributed by atoms with Gasteiger partial charge in [0.25, 0.3) is 0 Å². The third-order valence-corrected chi connectivity index (χ3v) is 4.12. The highest BCUT2D eigenvalue weighted by molar-refractivity contribution is 5.26. The molecule has 0 spiro atoms. The minimum Gasteiger partial charge on any atom is -0.374 e. The van der Waals surface area contributed by atoms with Crippen molar-refractivity contribution in [3.8, 4) is 0 Å². The first kappa shape index (κ1) is 11.5. The third kappa shape index (κ3) is 1.60. The maximum atomic E-state index is 5.94. The van der Waals surface area contributed by atoms with E-state index in [-0.39, 0.29) is 24.1 Å². The smallest absolute Gasteiger partial charge is 0.162 e. The van der Waals surface area contributed by atoms with Crippen LogP contribution < -0.4 is 0 Å². The predicted molar refractivity (Wildman–Crippen MR) is 64.6 cm³/mol. The quantitative estimate of drug-likeness (QED) is 0.702. The van der Waals surface area contributed by atoms with E-state index in [2.05, 4.69) is 25.2 Å². The molecule has 0 saturated carbocycles. The average molecular weight is 236 g/mol. The summed E-state index contributed by atoms with van der Waals surface area (Å²) in [5, 5.41) is 0. The molecule has 4 rings (SSSR count). The van der Waals surface area contributed by atoms with Gasteiger partial charge in [-0.25, -0.2) is 0 Å². The Morgan fingerprint density at radius 2 is 2.35 bits per heavy atom. The Morgan fingerprint density at radius 3 is 2.94 bits per heavy atom. The van der Waals surface area contributed by atoms with Crippen molar-refractivity contribution in [3.63, 3.8) is 0 Å². The zero-order valence-corrected chi connectivity index (χ0v) is 10.5. The van der Waals surface area contributed by atoms with Crippen LogP contribution in [-0.4, -0.2) is 31.2 Å². The summed E-state index contributed by atoms with van der Waals surface area (Å²) in [5.74, 6) is 0. The maximum Gasteiger partial charge on any atom is 0.162 e. The van der Waals surface area contributed by atoms with Crippen LogP contribution in [0.1, 0.15) is 32.6 Å². The SMILES string of the molecule is CCC1OC2CC1(C(OC)C1=CCC=CC1)O2. The Hall–Kier alpha value is -0.640. The summed E-state index contributed by atoms with van der Waals surface area (Å²) in [4.78, 5) is 0. The second kappa shape index (κ2) is 4.23. The Balaban J connectivity index is 1.83. The minimum absolute atomic E-state index is 0.0114. The first-order chi connectivity index (χ1) is 8.30. The highest BCUT2D eigenvalue weighted by atomic mass is 16.8. The lowest BCUT2D eigenvalue weighted by Gasteiger charge is -2.44. The van der Waals surface area contributed by atoms with Crippen LogP contribution in [0.2, 0.25) is 0 Å². The Bertz CT molecular complexity index is 352. The van der Waals surface area contributed by atoms with Crippen LogP contribution in [0.3, 0.4) is 0 Å². The number of rotatable bonds is 4. The predicted octanol–water partition coefficient (Wildman–Crippen LogP) is 2.57. The second-order valence-electron chi connectivity index (χ2n) is 5.05. The number of hydrogen-bond acceptors (Lipinski definition) is 3. The van der Waals surface area contributed by atoms with E-state index in [0.29, 0.717) is 0 Å². The fraction of sp³-hybridized carbons (Fsp3) is 0.714. The summed E-state index contributed by atoms with van der Waals surface area (Å²) in [6.07, 6.45) is 10.9. The summed E-state index contributed by atoms with van der Waals surface area (Å²) >= 11 is 0. The van der Waals surface area contributed by atoms with E-state index in [1.165, 1.54) is 5.57 Å². The van der Waals surface area contributed by atoms with Crippen molar-refractivity contribution in [2.75, 3.05) is 7.11 Å². The van der Waals surface area contributed by atoms with Gasteiger partial charge in [-0.05, 0) is 24.8 Å². The van der Waals surface area contributed by atoms with E-state index in [1.54, 1.807) is 7.11 Å². The lowest BCUT2D eigenvalue weighted by Crippen LogP contribution is -2.57. The minimum atomic E-state index is -0.217. The average Bonchev–Trinajstić information content (AvgIpc) is 2.86. The van der Waals surface area contributed by atoms with Crippen LogP contribution in [0.5, 0.6) is 0 Å². The van der Waals surface area contributed by atoms with Crippen molar-refractivity contribution in [2.45, 2.75) is 56.7 Å². The molecule has 94 valence electrons. The molecule has 3 saturated heterocycles. The molecule has 17 heavy (non-hydrogen) atoms. The highest BCUT2D eigenvalue weighted by Crippen LogP contribution is 2.52. The van der Waals surface area contributed by atoms with Crippen LogP contribution in [0.25, 0.3) is 0 Å². The van der Waals surface area contributed by atoms with Gasteiger partial charge in [0, 0.05) is 13.5 Å². The van der Waals surface area contributed by atoms with E-state index < -0.39 is 0 Å².